The second-order valence-electron chi connectivity index (χ2n) is 4.48. The maximum absolute atomic E-state index is 9.54. The van der Waals surface area contributed by atoms with Crippen LogP contribution in [0.5, 0.6) is 5.75 Å². The molecular weight excluding hydrogens is 228 g/mol. The van der Waals surface area contributed by atoms with Crippen LogP contribution in [0.2, 0.25) is 0 Å². The number of phenols is 1. The number of phenolic OH excluding ortho intramolecular Hbond substituents is 1. The van der Waals surface area contributed by atoms with E-state index in [2.05, 4.69) is 17.2 Å². The second-order valence-corrected chi connectivity index (χ2v) is 4.48. The first-order valence-corrected chi connectivity index (χ1v) is 6.16. The molecule has 0 aliphatic carbocycles. The SMILES string of the molecule is CC(CCCO)Nc1nccc2ccc(O)cc12. The molecule has 1 unspecified atom stereocenters. The molecule has 3 N–H and O–H groups in total. The predicted octanol–water partition coefficient (Wildman–Crippen LogP) is 2.51. The summed E-state index contributed by atoms with van der Waals surface area (Å²) in [4.78, 5) is 4.31. The summed E-state index contributed by atoms with van der Waals surface area (Å²) in [5, 5.41) is 23.6. The van der Waals surface area contributed by atoms with Crippen molar-refractivity contribution in [3.63, 3.8) is 0 Å². The summed E-state index contributed by atoms with van der Waals surface area (Å²) >= 11 is 0. The van der Waals surface area contributed by atoms with Gasteiger partial charge in [0.25, 0.3) is 0 Å². The van der Waals surface area contributed by atoms with E-state index in [1.165, 1.54) is 0 Å². The summed E-state index contributed by atoms with van der Waals surface area (Å²) in [7, 11) is 0. The van der Waals surface area contributed by atoms with E-state index in [0.29, 0.717) is 0 Å². The van der Waals surface area contributed by atoms with Gasteiger partial charge in [-0.05, 0) is 43.4 Å². The molecule has 0 saturated heterocycles. The lowest BCUT2D eigenvalue weighted by atomic mass is 10.1. The van der Waals surface area contributed by atoms with Gasteiger partial charge in [-0.15, -0.1) is 0 Å². The number of hydrogen-bond donors (Lipinski definition) is 3. The number of rotatable bonds is 5. The number of nitrogens with one attached hydrogen (secondary N) is 1. The normalized spacial score (nSPS) is 12.6. The van der Waals surface area contributed by atoms with Gasteiger partial charge in [-0.2, -0.15) is 0 Å². The molecule has 0 spiro atoms. The number of pyridine rings is 1. The predicted molar refractivity (Wildman–Crippen MR) is 72.8 cm³/mol. The van der Waals surface area contributed by atoms with E-state index in [9.17, 15) is 5.11 Å². The molecule has 2 aromatic rings. The molecule has 0 bridgehead atoms. The maximum Gasteiger partial charge on any atom is 0.134 e. The number of aromatic nitrogens is 1. The van der Waals surface area contributed by atoms with E-state index in [1.807, 2.05) is 12.1 Å². The Morgan fingerprint density at radius 3 is 2.94 bits per heavy atom. The van der Waals surface area contributed by atoms with Crippen molar-refractivity contribution in [1.29, 1.82) is 0 Å². The van der Waals surface area contributed by atoms with E-state index in [0.717, 1.165) is 29.4 Å². The minimum Gasteiger partial charge on any atom is -0.508 e. The molecule has 1 aromatic carbocycles. The molecule has 1 heterocycles. The topological polar surface area (TPSA) is 65.4 Å². The standard InChI is InChI=1S/C14H18N2O2/c1-10(3-2-8-17)16-14-13-9-12(18)5-4-11(13)6-7-15-14/h4-7,9-10,17-18H,2-3,8H2,1H3,(H,15,16). The molecule has 0 saturated carbocycles. The third-order valence-corrected chi connectivity index (χ3v) is 2.93. The van der Waals surface area contributed by atoms with Gasteiger partial charge in [-0.1, -0.05) is 6.07 Å². The van der Waals surface area contributed by atoms with Gasteiger partial charge in [0.1, 0.15) is 11.6 Å². The van der Waals surface area contributed by atoms with Crippen LogP contribution in [0.3, 0.4) is 0 Å². The molecule has 0 radical (unpaired) electrons. The fourth-order valence-corrected chi connectivity index (χ4v) is 1.97. The average molecular weight is 246 g/mol. The molecular formula is C14H18N2O2. The number of anilines is 1. The lowest BCUT2D eigenvalue weighted by molar-refractivity contribution is 0.282. The summed E-state index contributed by atoms with van der Waals surface area (Å²) in [6.07, 6.45) is 3.40. The minimum atomic E-state index is 0.204. The van der Waals surface area contributed by atoms with Crippen molar-refractivity contribution in [3.05, 3.63) is 30.5 Å². The van der Waals surface area contributed by atoms with Crippen LogP contribution in [0.15, 0.2) is 30.5 Å². The average Bonchev–Trinajstić information content (AvgIpc) is 2.37. The van der Waals surface area contributed by atoms with E-state index < -0.39 is 0 Å². The van der Waals surface area contributed by atoms with Crippen LogP contribution in [0.1, 0.15) is 19.8 Å². The minimum absolute atomic E-state index is 0.204. The summed E-state index contributed by atoms with van der Waals surface area (Å²) in [5.74, 6) is 1.01. The Morgan fingerprint density at radius 2 is 2.17 bits per heavy atom. The molecule has 0 aliphatic heterocycles. The van der Waals surface area contributed by atoms with Gasteiger partial charge in [0.15, 0.2) is 0 Å². The van der Waals surface area contributed by atoms with Gasteiger partial charge in [-0.3, -0.25) is 0 Å². The number of aromatic hydroxyl groups is 1. The fourth-order valence-electron chi connectivity index (χ4n) is 1.97. The highest BCUT2D eigenvalue weighted by Gasteiger charge is 2.07. The molecule has 0 amide bonds. The van der Waals surface area contributed by atoms with Crippen molar-refractivity contribution in [2.24, 2.45) is 0 Å². The molecule has 2 rings (SSSR count). The third-order valence-electron chi connectivity index (χ3n) is 2.93. The smallest absolute Gasteiger partial charge is 0.134 e. The van der Waals surface area contributed by atoms with E-state index in [1.54, 1.807) is 18.3 Å². The first-order chi connectivity index (χ1) is 8.70. The van der Waals surface area contributed by atoms with Crippen LogP contribution in [0.4, 0.5) is 5.82 Å². The number of hydrogen-bond acceptors (Lipinski definition) is 4. The highest BCUT2D eigenvalue weighted by molar-refractivity contribution is 5.92. The van der Waals surface area contributed by atoms with E-state index in [-0.39, 0.29) is 18.4 Å². The van der Waals surface area contributed by atoms with Crippen LogP contribution in [-0.2, 0) is 0 Å². The van der Waals surface area contributed by atoms with Gasteiger partial charge in [0.05, 0.1) is 0 Å². The van der Waals surface area contributed by atoms with E-state index in [4.69, 9.17) is 5.11 Å². The molecule has 0 aliphatic rings. The summed E-state index contributed by atoms with van der Waals surface area (Å²) in [6.45, 7) is 2.26. The van der Waals surface area contributed by atoms with Crippen LogP contribution < -0.4 is 5.32 Å². The van der Waals surface area contributed by atoms with Gasteiger partial charge < -0.3 is 15.5 Å². The Balaban J connectivity index is 2.24. The molecule has 0 fully saturated rings. The second kappa shape index (κ2) is 5.69. The largest absolute Gasteiger partial charge is 0.508 e. The summed E-state index contributed by atoms with van der Waals surface area (Å²) < 4.78 is 0. The van der Waals surface area contributed by atoms with Gasteiger partial charge >= 0.3 is 0 Å². The molecule has 4 heteroatoms. The monoisotopic (exact) mass is 246 g/mol. The Hall–Kier alpha value is -1.81. The Morgan fingerprint density at radius 1 is 1.33 bits per heavy atom. The lowest BCUT2D eigenvalue weighted by Crippen LogP contribution is -2.16. The molecule has 96 valence electrons. The van der Waals surface area contributed by atoms with Crippen LogP contribution in [0, 0.1) is 0 Å². The van der Waals surface area contributed by atoms with Crippen LogP contribution in [-0.4, -0.2) is 27.8 Å². The highest BCUT2D eigenvalue weighted by Crippen LogP contribution is 2.25. The first-order valence-electron chi connectivity index (χ1n) is 6.16. The van der Waals surface area contributed by atoms with Gasteiger partial charge in [-0.25, -0.2) is 4.98 Å². The van der Waals surface area contributed by atoms with Crippen molar-refractivity contribution < 1.29 is 10.2 Å². The van der Waals surface area contributed by atoms with Gasteiger partial charge in [0.2, 0.25) is 0 Å². The quantitative estimate of drug-likeness (QED) is 0.758. The van der Waals surface area contributed by atoms with E-state index >= 15 is 0 Å². The fraction of sp³-hybridized carbons (Fsp3) is 0.357. The maximum atomic E-state index is 9.54. The Bertz CT molecular complexity index is 528. The number of nitrogens with zero attached hydrogens (tertiary/aromatic N) is 1. The van der Waals surface area contributed by atoms with Crippen molar-refractivity contribution in [2.75, 3.05) is 11.9 Å². The third kappa shape index (κ3) is 2.90. The van der Waals surface area contributed by atoms with Gasteiger partial charge in [0, 0.05) is 24.2 Å². The highest BCUT2D eigenvalue weighted by atomic mass is 16.3. The molecule has 4 nitrogen and oxygen atoms in total. The number of aliphatic hydroxyl groups is 1. The Labute approximate surface area is 106 Å². The van der Waals surface area contributed by atoms with Crippen molar-refractivity contribution in [3.8, 4) is 5.75 Å². The molecule has 1 aromatic heterocycles. The zero-order valence-electron chi connectivity index (χ0n) is 10.4. The summed E-state index contributed by atoms with van der Waals surface area (Å²) in [6, 6.07) is 7.40. The molecule has 1 atom stereocenters. The Kier molecular flexibility index (Phi) is 3.99. The first kappa shape index (κ1) is 12.6. The number of aliphatic hydroxyl groups excluding tert-OH is 1. The lowest BCUT2D eigenvalue weighted by Gasteiger charge is -2.15. The zero-order valence-corrected chi connectivity index (χ0v) is 10.4. The van der Waals surface area contributed by atoms with Crippen molar-refractivity contribution in [1.82, 2.24) is 4.98 Å². The van der Waals surface area contributed by atoms with Crippen molar-refractivity contribution in [2.45, 2.75) is 25.8 Å². The molecule has 18 heavy (non-hydrogen) atoms. The van der Waals surface area contributed by atoms with Crippen molar-refractivity contribution >= 4 is 16.6 Å². The van der Waals surface area contributed by atoms with Crippen LogP contribution >= 0.6 is 0 Å². The summed E-state index contributed by atoms with van der Waals surface area (Å²) in [5.41, 5.74) is 0. The number of benzene rings is 1. The zero-order chi connectivity index (χ0) is 13.0. The number of fused-ring (bicyclic) bond motifs is 1. The van der Waals surface area contributed by atoms with Crippen LogP contribution in [0.25, 0.3) is 10.8 Å².